The van der Waals surface area contributed by atoms with Gasteiger partial charge in [-0.25, -0.2) is 9.78 Å². The average Bonchev–Trinajstić information content (AvgIpc) is 3.39. The minimum absolute atomic E-state index is 0.0724. The second-order valence-electron chi connectivity index (χ2n) is 9.88. The van der Waals surface area contributed by atoms with E-state index in [0.29, 0.717) is 12.1 Å². The third kappa shape index (κ3) is 9.46. The van der Waals surface area contributed by atoms with Gasteiger partial charge in [0, 0.05) is 35.3 Å². The Morgan fingerprint density at radius 1 is 1.03 bits per heavy atom. The van der Waals surface area contributed by atoms with Gasteiger partial charge in [-0.1, -0.05) is 82.7 Å². The molecule has 2 aromatic rings. The highest BCUT2D eigenvalue weighted by molar-refractivity contribution is 7.15. The van der Waals surface area contributed by atoms with Crippen LogP contribution >= 0.6 is 11.3 Å². The molecule has 0 bridgehead atoms. The number of hydrogen-bond acceptors (Lipinski definition) is 5. The van der Waals surface area contributed by atoms with E-state index in [1.165, 1.54) is 43.4 Å². The lowest BCUT2D eigenvalue weighted by molar-refractivity contribution is 0.114. The van der Waals surface area contributed by atoms with Gasteiger partial charge in [0.15, 0.2) is 5.13 Å². The average molecular weight is 527 g/mol. The predicted octanol–water partition coefficient (Wildman–Crippen LogP) is 7.84. The van der Waals surface area contributed by atoms with Crippen molar-refractivity contribution in [2.45, 2.75) is 103 Å². The molecular weight excluding hydrogens is 480 g/mol. The molecule has 2 aliphatic carbocycles. The summed E-state index contributed by atoms with van der Waals surface area (Å²) >= 11 is 1.58. The molecule has 0 radical (unpaired) electrons. The van der Waals surface area contributed by atoms with Gasteiger partial charge in [-0.05, 0) is 44.7 Å². The molecule has 2 aliphatic rings. The number of nitrogens with one attached hydrogen (secondary N) is 2. The summed E-state index contributed by atoms with van der Waals surface area (Å²) in [7, 11) is 1.70. The highest BCUT2D eigenvalue weighted by Crippen LogP contribution is 2.31. The molecule has 0 saturated heterocycles. The van der Waals surface area contributed by atoms with E-state index < -0.39 is 0 Å². The van der Waals surface area contributed by atoms with Gasteiger partial charge in [-0.2, -0.15) is 0 Å². The first-order valence-corrected chi connectivity index (χ1v) is 15.0. The monoisotopic (exact) mass is 526 g/mol. The number of thiazole rings is 1. The van der Waals surface area contributed by atoms with E-state index in [2.05, 4.69) is 40.4 Å². The molecule has 37 heavy (non-hydrogen) atoms. The molecule has 1 aromatic heterocycles. The predicted molar refractivity (Wildman–Crippen MR) is 156 cm³/mol. The second kappa shape index (κ2) is 16.5. The summed E-state index contributed by atoms with van der Waals surface area (Å²) in [4.78, 5) is 20.9. The number of hydrogen-bond donors (Lipinski definition) is 2. The minimum atomic E-state index is 0.0724. The number of nitrogens with zero attached hydrogens (tertiary/aromatic N) is 2. The number of benzene rings is 1. The zero-order valence-corrected chi connectivity index (χ0v) is 23.8. The van der Waals surface area contributed by atoms with E-state index in [4.69, 9.17) is 4.74 Å². The van der Waals surface area contributed by atoms with Gasteiger partial charge in [0.25, 0.3) is 0 Å². The minimum Gasteiger partial charge on any atom is -0.496 e. The molecule has 0 atom stereocenters. The lowest BCUT2D eigenvalue weighted by Gasteiger charge is -2.41. The van der Waals surface area contributed by atoms with Gasteiger partial charge >= 0.3 is 6.03 Å². The van der Waals surface area contributed by atoms with E-state index in [1.54, 1.807) is 18.4 Å². The summed E-state index contributed by atoms with van der Waals surface area (Å²) in [5, 5.41) is 7.14. The number of urea groups is 1. The van der Waals surface area contributed by atoms with Crippen LogP contribution in [0.15, 0.2) is 42.6 Å². The summed E-state index contributed by atoms with van der Waals surface area (Å²) in [5.41, 5.74) is 1.14. The number of allylic oxidation sites excluding steroid dienone is 1. The van der Waals surface area contributed by atoms with Crippen LogP contribution in [0.4, 0.5) is 9.93 Å². The third-order valence-electron chi connectivity index (χ3n) is 7.16. The molecular formula is C30H46N4O2S. The molecule has 2 amide bonds. The Morgan fingerprint density at radius 3 is 2.19 bits per heavy atom. The van der Waals surface area contributed by atoms with Crippen molar-refractivity contribution in [2.75, 3.05) is 19.0 Å². The van der Waals surface area contributed by atoms with Crippen molar-refractivity contribution in [3.8, 4) is 0 Å². The zero-order chi connectivity index (χ0) is 26.3. The zero-order valence-electron chi connectivity index (χ0n) is 23.0. The summed E-state index contributed by atoms with van der Waals surface area (Å²) in [6, 6.07) is 11.0. The lowest BCUT2D eigenvalue weighted by atomic mass is 9.89. The van der Waals surface area contributed by atoms with Gasteiger partial charge in [0.2, 0.25) is 0 Å². The van der Waals surface area contributed by atoms with E-state index in [-0.39, 0.29) is 6.03 Å². The molecule has 0 spiro atoms. The SMILES string of the molecule is CC/C=C(/OC)c1ccccc1.CCNCc1cnc(NC(=O)N(C2CCCCC2)C2CCCCC2)s1. The van der Waals surface area contributed by atoms with Crippen LogP contribution in [0.3, 0.4) is 0 Å². The van der Waals surface area contributed by atoms with Crippen molar-refractivity contribution in [2.24, 2.45) is 0 Å². The Bertz CT molecular complexity index is 916. The number of amides is 2. The molecule has 1 aromatic carbocycles. The van der Waals surface area contributed by atoms with E-state index in [0.717, 1.165) is 61.6 Å². The molecule has 204 valence electrons. The van der Waals surface area contributed by atoms with E-state index in [1.807, 2.05) is 36.5 Å². The highest BCUT2D eigenvalue weighted by Gasteiger charge is 2.32. The number of ether oxygens (including phenoxy) is 1. The fourth-order valence-electron chi connectivity index (χ4n) is 5.31. The molecule has 2 fully saturated rings. The molecule has 4 rings (SSSR count). The Kier molecular flexibility index (Phi) is 13.0. The van der Waals surface area contributed by atoms with E-state index >= 15 is 0 Å². The van der Waals surface area contributed by atoms with Crippen LogP contribution in [0.25, 0.3) is 5.76 Å². The molecule has 7 heteroatoms. The first-order valence-electron chi connectivity index (χ1n) is 14.2. The van der Waals surface area contributed by atoms with Crippen molar-refractivity contribution in [1.29, 1.82) is 0 Å². The smallest absolute Gasteiger partial charge is 0.324 e. The maximum absolute atomic E-state index is 13.1. The topological polar surface area (TPSA) is 66.5 Å². The maximum Gasteiger partial charge on any atom is 0.324 e. The van der Waals surface area contributed by atoms with Gasteiger partial charge in [0.05, 0.1) is 7.11 Å². The largest absolute Gasteiger partial charge is 0.496 e. The number of carbonyl (C=O) groups excluding carboxylic acids is 1. The standard InChI is InChI=1S/C19H32N4OS.C11H14O/c1-2-20-13-17-14-21-18(25-17)22-19(24)23(15-9-5-3-6-10-15)16-11-7-4-8-12-16;1-3-7-11(12-2)10-8-5-4-6-9-10/h14-16,20H,2-13H2,1H3,(H,21,22,24);4-9H,3H2,1-2H3/b;11-7+. The number of rotatable bonds is 9. The van der Waals surface area contributed by atoms with Crippen molar-refractivity contribution in [3.05, 3.63) is 53.0 Å². The van der Waals surface area contributed by atoms with Crippen molar-refractivity contribution >= 4 is 28.3 Å². The maximum atomic E-state index is 13.1. The first kappa shape index (κ1) is 29.2. The van der Waals surface area contributed by atoms with Crippen molar-refractivity contribution in [1.82, 2.24) is 15.2 Å². The van der Waals surface area contributed by atoms with Crippen LogP contribution in [0.2, 0.25) is 0 Å². The first-order chi connectivity index (χ1) is 18.2. The number of anilines is 1. The Labute approximate surface area is 227 Å². The third-order valence-corrected chi connectivity index (χ3v) is 8.07. The van der Waals surface area contributed by atoms with Crippen molar-refractivity contribution in [3.63, 3.8) is 0 Å². The highest BCUT2D eigenvalue weighted by atomic mass is 32.1. The molecule has 2 N–H and O–H groups in total. The van der Waals surface area contributed by atoms with Gasteiger partial charge < -0.3 is 15.0 Å². The second-order valence-corrected chi connectivity index (χ2v) is 11.0. The van der Waals surface area contributed by atoms with Gasteiger partial charge in [0.1, 0.15) is 5.76 Å². The Morgan fingerprint density at radius 2 is 1.65 bits per heavy atom. The summed E-state index contributed by atoms with van der Waals surface area (Å²) in [5.74, 6) is 0.957. The molecule has 1 heterocycles. The number of carbonyl (C=O) groups is 1. The summed E-state index contributed by atoms with van der Waals surface area (Å²) in [6.45, 7) is 5.95. The Hall–Kier alpha value is -2.38. The number of methoxy groups -OCH3 is 1. The van der Waals surface area contributed by atoms with Gasteiger partial charge in [-0.15, -0.1) is 11.3 Å². The molecule has 6 nitrogen and oxygen atoms in total. The lowest BCUT2D eigenvalue weighted by Crippen LogP contribution is -2.50. The summed E-state index contributed by atoms with van der Waals surface area (Å²) < 4.78 is 5.24. The van der Waals surface area contributed by atoms with Crippen molar-refractivity contribution < 1.29 is 9.53 Å². The molecule has 2 saturated carbocycles. The molecule has 0 unspecified atom stereocenters. The van der Waals surface area contributed by atoms with Gasteiger partial charge in [-0.3, -0.25) is 5.32 Å². The number of aromatic nitrogens is 1. The normalized spacial score (nSPS) is 17.0. The quantitative estimate of drug-likeness (QED) is 0.327. The van der Waals surface area contributed by atoms with Crippen LogP contribution in [0.1, 0.15) is 94.9 Å². The van der Waals surface area contributed by atoms with Crippen LogP contribution < -0.4 is 10.6 Å². The van der Waals surface area contributed by atoms with Crippen LogP contribution in [0, 0.1) is 0 Å². The molecule has 0 aliphatic heterocycles. The van der Waals surface area contributed by atoms with Crippen LogP contribution in [-0.2, 0) is 11.3 Å². The van der Waals surface area contributed by atoms with Crippen LogP contribution in [-0.4, -0.2) is 41.7 Å². The fraction of sp³-hybridized carbons (Fsp3) is 0.600. The fourth-order valence-corrected chi connectivity index (χ4v) is 6.08. The summed E-state index contributed by atoms with van der Waals surface area (Å²) in [6.07, 6.45) is 17.2. The van der Waals surface area contributed by atoms with E-state index in [9.17, 15) is 4.79 Å². The Balaban J connectivity index is 0.000000266. The van der Waals surface area contributed by atoms with Crippen LogP contribution in [0.5, 0.6) is 0 Å².